The minimum absolute atomic E-state index is 0.00508. The molecule has 11 heteroatoms. The molecule has 10 nitrogen and oxygen atoms in total. The Hall–Kier alpha value is -2.59. The lowest BCUT2D eigenvalue weighted by Crippen LogP contribution is -2.37. The van der Waals surface area contributed by atoms with E-state index < -0.39 is 38.6 Å². The maximum absolute atomic E-state index is 12.6. The number of nitrogens with zero attached hydrogens (tertiary/aromatic N) is 1. The molecular weight excluding hydrogens is 717 g/mol. The predicted octanol–water partition coefficient (Wildman–Crippen LogP) is 10.4. The van der Waals surface area contributed by atoms with E-state index in [1.54, 1.807) is 6.08 Å². The molecule has 0 rings (SSSR count). The number of phosphoric acid groups is 1. The summed E-state index contributed by atoms with van der Waals surface area (Å²) in [6.45, 7) is 4.09. The van der Waals surface area contributed by atoms with Gasteiger partial charge in [-0.1, -0.05) is 125 Å². The maximum atomic E-state index is 12.6. The van der Waals surface area contributed by atoms with Crippen molar-refractivity contribution < 1.29 is 47.2 Å². The molecule has 2 unspecified atom stereocenters. The van der Waals surface area contributed by atoms with Crippen LogP contribution in [0.25, 0.3) is 0 Å². The summed E-state index contributed by atoms with van der Waals surface area (Å²) in [5, 5.41) is 10.0. The first-order valence-electron chi connectivity index (χ1n) is 20.8. The summed E-state index contributed by atoms with van der Waals surface area (Å²) in [4.78, 5) is 35.3. The van der Waals surface area contributed by atoms with Gasteiger partial charge in [-0.05, 0) is 70.6 Å². The van der Waals surface area contributed by atoms with Crippen LogP contribution in [0.5, 0.6) is 0 Å². The van der Waals surface area contributed by atoms with Crippen molar-refractivity contribution >= 4 is 19.8 Å². The van der Waals surface area contributed by atoms with Crippen LogP contribution in [-0.4, -0.2) is 86.1 Å². The molecule has 0 aliphatic heterocycles. The number of hydrogen-bond acceptors (Lipinski definition) is 8. The molecule has 0 aliphatic carbocycles. The Labute approximate surface area is 334 Å². The van der Waals surface area contributed by atoms with Crippen molar-refractivity contribution in [3.8, 4) is 0 Å². The number of carbonyl (C=O) groups is 2. The highest BCUT2D eigenvalue weighted by Gasteiger charge is 2.27. The number of aliphatic hydroxyl groups excluding tert-OH is 1. The van der Waals surface area contributed by atoms with Gasteiger partial charge in [-0.3, -0.25) is 18.6 Å². The molecule has 0 spiro atoms. The van der Waals surface area contributed by atoms with Crippen LogP contribution in [0.1, 0.15) is 136 Å². The summed E-state index contributed by atoms with van der Waals surface area (Å²) in [5.74, 6) is -0.925. The molecule has 0 aromatic carbocycles. The van der Waals surface area contributed by atoms with E-state index in [-0.39, 0.29) is 26.1 Å². The molecule has 316 valence electrons. The Bertz CT molecular complexity index is 1190. The average molecular weight is 795 g/mol. The number of aliphatic hydroxyl groups is 1. The van der Waals surface area contributed by atoms with Crippen LogP contribution < -0.4 is 0 Å². The van der Waals surface area contributed by atoms with Crippen molar-refractivity contribution in [1.82, 2.24) is 0 Å². The number of phosphoric ester groups is 1. The van der Waals surface area contributed by atoms with Gasteiger partial charge in [0.05, 0.1) is 33.9 Å². The van der Waals surface area contributed by atoms with Crippen LogP contribution in [0.15, 0.2) is 72.9 Å². The molecule has 3 atom stereocenters. The Morgan fingerprint density at radius 1 is 0.673 bits per heavy atom. The van der Waals surface area contributed by atoms with E-state index in [9.17, 15) is 24.2 Å². The van der Waals surface area contributed by atoms with Crippen LogP contribution in [0.4, 0.5) is 0 Å². The maximum Gasteiger partial charge on any atom is 0.472 e. The topological polar surface area (TPSA) is 129 Å². The molecule has 0 bridgehead atoms. The fourth-order valence-electron chi connectivity index (χ4n) is 5.01. The number of likely N-dealkylation sites (N-methyl/N-ethyl adjacent to an activating group) is 1. The Balaban J connectivity index is 4.60. The molecule has 55 heavy (non-hydrogen) atoms. The SMILES string of the molecule is CC/C=C\C/C=C\CC(O)/C=C/C=C\C/C=C\CCCC(=O)O[C@H](COC(=O)CCCCCCC/C=C\CCCCCC)COP(=O)(O)OCC[N+](C)(C)C. The predicted molar refractivity (Wildman–Crippen MR) is 225 cm³/mol. The first-order valence-corrected chi connectivity index (χ1v) is 22.3. The Kier molecular flexibility index (Phi) is 34.1. The van der Waals surface area contributed by atoms with E-state index in [2.05, 4.69) is 44.2 Å². The quantitative estimate of drug-likeness (QED) is 0.0159. The van der Waals surface area contributed by atoms with E-state index in [4.69, 9.17) is 18.5 Å². The van der Waals surface area contributed by atoms with Gasteiger partial charge in [-0.2, -0.15) is 0 Å². The molecule has 0 radical (unpaired) electrons. The number of ether oxygens (including phenoxy) is 2. The highest BCUT2D eigenvalue weighted by Crippen LogP contribution is 2.43. The van der Waals surface area contributed by atoms with E-state index in [0.717, 1.165) is 44.9 Å². The molecule has 0 aliphatic rings. The average Bonchev–Trinajstić information content (AvgIpc) is 3.13. The monoisotopic (exact) mass is 795 g/mol. The van der Waals surface area contributed by atoms with E-state index in [1.807, 2.05) is 57.6 Å². The second kappa shape index (κ2) is 35.8. The number of carbonyl (C=O) groups excluding carboxylic acids is 2. The molecule has 0 saturated carbocycles. The van der Waals surface area contributed by atoms with Crippen LogP contribution in [0.2, 0.25) is 0 Å². The minimum Gasteiger partial charge on any atom is -0.462 e. The smallest absolute Gasteiger partial charge is 0.462 e. The van der Waals surface area contributed by atoms with Crippen molar-refractivity contribution in [3.63, 3.8) is 0 Å². The number of rotatable bonds is 36. The van der Waals surface area contributed by atoms with Crippen LogP contribution in [0.3, 0.4) is 0 Å². The molecule has 0 amide bonds. The van der Waals surface area contributed by atoms with E-state index in [0.29, 0.717) is 43.1 Å². The number of hydrogen-bond donors (Lipinski definition) is 2. The molecule has 0 fully saturated rings. The van der Waals surface area contributed by atoms with Gasteiger partial charge in [-0.15, -0.1) is 0 Å². The van der Waals surface area contributed by atoms with Crippen molar-refractivity contribution in [1.29, 1.82) is 0 Å². The number of unbranched alkanes of at least 4 members (excludes halogenated alkanes) is 10. The van der Waals surface area contributed by atoms with Crippen molar-refractivity contribution in [2.75, 3.05) is 47.5 Å². The number of esters is 2. The molecule has 0 aromatic rings. The molecule has 0 heterocycles. The second-order valence-electron chi connectivity index (χ2n) is 14.8. The van der Waals surface area contributed by atoms with Crippen molar-refractivity contribution in [2.45, 2.75) is 148 Å². The lowest BCUT2D eigenvalue weighted by atomic mass is 10.1. The number of allylic oxidation sites excluding steroid dienone is 10. The zero-order chi connectivity index (χ0) is 40.9. The fraction of sp³-hybridized carbons (Fsp3) is 0.682. The van der Waals surface area contributed by atoms with Crippen LogP contribution in [0, 0.1) is 0 Å². The Morgan fingerprint density at radius 2 is 1.27 bits per heavy atom. The number of quaternary nitrogens is 1. The second-order valence-corrected chi connectivity index (χ2v) is 16.3. The molecular formula is C44H77NO9P+. The lowest BCUT2D eigenvalue weighted by molar-refractivity contribution is -0.870. The van der Waals surface area contributed by atoms with Gasteiger partial charge in [0.25, 0.3) is 0 Å². The largest absolute Gasteiger partial charge is 0.472 e. The van der Waals surface area contributed by atoms with E-state index >= 15 is 0 Å². The van der Waals surface area contributed by atoms with Gasteiger partial charge in [0, 0.05) is 12.8 Å². The van der Waals surface area contributed by atoms with Gasteiger partial charge >= 0.3 is 19.8 Å². The third kappa shape index (κ3) is 39.4. The summed E-state index contributed by atoms with van der Waals surface area (Å²) in [6, 6.07) is 0. The summed E-state index contributed by atoms with van der Waals surface area (Å²) >= 11 is 0. The van der Waals surface area contributed by atoms with Gasteiger partial charge in [-0.25, -0.2) is 4.57 Å². The van der Waals surface area contributed by atoms with Crippen molar-refractivity contribution in [3.05, 3.63) is 72.9 Å². The Morgan fingerprint density at radius 3 is 1.98 bits per heavy atom. The standard InChI is InChI=1S/C44H76NO9P/c1-6-8-10-12-14-15-16-17-18-19-23-27-31-35-43(47)51-39-42(40-53-55(49,50)52-38-37-45(3,4)5)54-44(48)36-32-28-24-21-20-22-26-30-34-41(46)33-29-25-13-11-9-7-2/h9,11,15-16,21-22,24-26,29-30,34,41-42,46H,6-8,10,12-14,17-20,23,27-28,31-33,35-40H2,1-5H3/p+1/b11-9-,16-15-,24-21-,26-22-,29-25-,34-30+/t41?,42-/m1/s1. The van der Waals surface area contributed by atoms with Gasteiger partial charge in [0.2, 0.25) is 0 Å². The third-order valence-corrected chi connectivity index (χ3v) is 9.29. The lowest BCUT2D eigenvalue weighted by Gasteiger charge is -2.24. The van der Waals surface area contributed by atoms with Crippen molar-refractivity contribution in [2.24, 2.45) is 0 Å². The molecule has 0 saturated heterocycles. The third-order valence-electron chi connectivity index (χ3n) is 8.30. The minimum atomic E-state index is -4.41. The highest BCUT2D eigenvalue weighted by molar-refractivity contribution is 7.47. The van der Waals surface area contributed by atoms with E-state index in [1.165, 1.54) is 32.1 Å². The fourth-order valence-corrected chi connectivity index (χ4v) is 5.75. The van der Waals surface area contributed by atoms with Gasteiger partial charge in [0.15, 0.2) is 6.10 Å². The summed E-state index contributed by atoms with van der Waals surface area (Å²) < 4.78 is 34.1. The zero-order valence-electron chi connectivity index (χ0n) is 35.0. The van der Waals surface area contributed by atoms with Crippen LogP contribution >= 0.6 is 7.82 Å². The summed E-state index contributed by atoms with van der Waals surface area (Å²) in [6.07, 6.45) is 39.9. The van der Waals surface area contributed by atoms with Gasteiger partial charge in [0.1, 0.15) is 19.8 Å². The normalized spacial score (nSPS) is 15.0. The first kappa shape index (κ1) is 52.4. The van der Waals surface area contributed by atoms with Gasteiger partial charge < -0.3 is 24.0 Å². The highest BCUT2D eigenvalue weighted by atomic mass is 31.2. The zero-order valence-corrected chi connectivity index (χ0v) is 35.9. The van der Waals surface area contributed by atoms with Crippen LogP contribution in [-0.2, 0) is 32.7 Å². The first-order chi connectivity index (χ1) is 26.4. The molecule has 2 N–H and O–H groups in total. The summed E-state index contributed by atoms with van der Waals surface area (Å²) in [5.41, 5.74) is 0. The molecule has 0 aromatic heterocycles. The summed E-state index contributed by atoms with van der Waals surface area (Å²) in [7, 11) is 1.38.